The Kier molecular flexibility index (Phi) is 5.64. The first-order chi connectivity index (χ1) is 15.4. The summed E-state index contributed by atoms with van der Waals surface area (Å²) in [6, 6.07) is 19.8. The van der Waals surface area contributed by atoms with Gasteiger partial charge in [0.05, 0.1) is 18.4 Å². The molecule has 0 aromatic heterocycles. The smallest absolute Gasteiger partial charge is 0.282 e. The van der Waals surface area contributed by atoms with E-state index >= 15 is 0 Å². The van der Waals surface area contributed by atoms with Crippen molar-refractivity contribution in [2.45, 2.75) is 0 Å². The minimum absolute atomic E-state index is 0.0572. The normalized spacial score (nSPS) is 13.6. The molecule has 162 valence electrons. The maximum Gasteiger partial charge on any atom is 0.282 e. The number of imide groups is 1. The van der Waals surface area contributed by atoms with Crippen LogP contribution < -0.4 is 19.9 Å². The van der Waals surface area contributed by atoms with Crippen molar-refractivity contribution >= 4 is 34.4 Å². The number of rotatable bonds is 6. The maximum atomic E-state index is 13.8. The van der Waals surface area contributed by atoms with Gasteiger partial charge in [0.25, 0.3) is 11.8 Å². The SMILES string of the molecule is COc1ccccc1C1=C(Nc2cccc(F)c2)C(=O)N(c2ccc(N(C)C)cc2)C1=O. The van der Waals surface area contributed by atoms with Crippen LogP contribution in [-0.2, 0) is 9.59 Å². The Labute approximate surface area is 185 Å². The summed E-state index contributed by atoms with van der Waals surface area (Å²) in [5.41, 5.74) is 2.42. The first-order valence-electron chi connectivity index (χ1n) is 9.97. The molecule has 0 radical (unpaired) electrons. The van der Waals surface area contributed by atoms with Gasteiger partial charge in [-0.2, -0.15) is 0 Å². The Morgan fingerprint density at radius 1 is 0.906 bits per heavy atom. The molecule has 1 aliphatic heterocycles. The summed E-state index contributed by atoms with van der Waals surface area (Å²) in [6.07, 6.45) is 0. The molecular formula is C25H22FN3O3. The number of hydrogen-bond donors (Lipinski definition) is 1. The third kappa shape index (κ3) is 3.80. The first-order valence-corrected chi connectivity index (χ1v) is 9.97. The number of carbonyl (C=O) groups excluding carboxylic acids is 2. The molecule has 1 N–H and O–H groups in total. The van der Waals surface area contributed by atoms with Crippen molar-refractivity contribution in [1.82, 2.24) is 0 Å². The summed E-state index contributed by atoms with van der Waals surface area (Å²) >= 11 is 0. The maximum absolute atomic E-state index is 13.8. The summed E-state index contributed by atoms with van der Waals surface area (Å²) in [6.45, 7) is 0. The molecule has 7 heteroatoms. The summed E-state index contributed by atoms with van der Waals surface area (Å²) in [4.78, 5) is 30.0. The second-order valence-electron chi connectivity index (χ2n) is 7.44. The fourth-order valence-corrected chi connectivity index (χ4v) is 3.59. The molecule has 2 amide bonds. The van der Waals surface area contributed by atoms with Crippen LogP contribution in [0.3, 0.4) is 0 Å². The number of nitrogens with zero attached hydrogens (tertiary/aromatic N) is 2. The van der Waals surface area contributed by atoms with E-state index in [4.69, 9.17) is 4.74 Å². The minimum atomic E-state index is -0.530. The number of ether oxygens (including phenoxy) is 1. The van der Waals surface area contributed by atoms with Crippen molar-refractivity contribution in [3.63, 3.8) is 0 Å². The van der Waals surface area contributed by atoms with E-state index in [1.165, 1.54) is 25.3 Å². The highest BCUT2D eigenvalue weighted by atomic mass is 19.1. The van der Waals surface area contributed by atoms with Crippen LogP contribution in [0.25, 0.3) is 5.57 Å². The van der Waals surface area contributed by atoms with Crippen molar-refractivity contribution in [2.24, 2.45) is 0 Å². The Hall–Kier alpha value is -4.13. The zero-order valence-electron chi connectivity index (χ0n) is 17.9. The van der Waals surface area contributed by atoms with Crippen molar-refractivity contribution in [3.05, 3.63) is 89.9 Å². The number of benzene rings is 3. The van der Waals surface area contributed by atoms with Crippen molar-refractivity contribution < 1.29 is 18.7 Å². The number of hydrogen-bond acceptors (Lipinski definition) is 5. The summed E-state index contributed by atoms with van der Waals surface area (Å²) in [5.74, 6) is -1.02. The fraction of sp³-hybridized carbons (Fsp3) is 0.120. The molecule has 1 aliphatic rings. The van der Waals surface area contributed by atoms with Gasteiger partial charge in [0.1, 0.15) is 17.3 Å². The summed E-state index contributed by atoms with van der Waals surface area (Å²) in [7, 11) is 5.31. The van der Waals surface area contributed by atoms with E-state index in [2.05, 4.69) is 5.32 Å². The number of halogens is 1. The third-order valence-electron chi connectivity index (χ3n) is 5.18. The number of nitrogens with one attached hydrogen (secondary N) is 1. The van der Waals surface area contributed by atoms with E-state index in [1.54, 1.807) is 42.5 Å². The molecule has 0 saturated heterocycles. The third-order valence-corrected chi connectivity index (χ3v) is 5.18. The van der Waals surface area contributed by atoms with E-state index < -0.39 is 17.6 Å². The van der Waals surface area contributed by atoms with Gasteiger partial charge in [-0.3, -0.25) is 9.59 Å². The predicted octanol–water partition coefficient (Wildman–Crippen LogP) is 4.30. The van der Waals surface area contributed by atoms with Crippen molar-refractivity contribution in [1.29, 1.82) is 0 Å². The lowest BCUT2D eigenvalue weighted by Gasteiger charge is -2.18. The fourth-order valence-electron chi connectivity index (χ4n) is 3.59. The average molecular weight is 431 g/mol. The molecule has 0 bridgehead atoms. The highest BCUT2D eigenvalue weighted by molar-refractivity contribution is 6.46. The van der Waals surface area contributed by atoms with Gasteiger partial charge in [0, 0.05) is 31.0 Å². The second-order valence-corrected chi connectivity index (χ2v) is 7.44. The molecule has 0 unspecified atom stereocenters. The molecule has 6 nitrogen and oxygen atoms in total. The summed E-state index contributed by atoms with van der Waals surface area (Å²) in [5, 5.41) is 2.95. The molecule has 0 saturated carbocycles. The first kappa shape index (κ1) is 21.1. The van der Waals surface area contributed by atoms with Crippen LogP contribution in [0.1, 0.15) is 5.56 Å². The topological polar surface area (TPSA) is 61.9 Å². The van der Waals surface area contributed by atoms with Crippen LogP contribution in [0.5, 0.6) is 5.75 Å². The lowest BCUT2D eigenvalue weighted by molar-refractivity contribution is -0.120. The zero-order chi connectivity index (χ0) is 22.8. The van der Waals surface area contributed by atoms with Gasteiger partial charge < -0.3 is 15.0 Å². The van der Waals surface area contributed by atoms with E-state index in [-0.39, 0.29) is 11.3 Å². The number of carbonyl (C=O) groups is 2. The number of amides is 2. The van der Waals surface area contributed by atoms with Gasteiger partial charge in [-0.1, -0.05) is 24.3 Å². The van der Waals surface area contributed by atoms with Gasteiger partial charge in [0.2, 0.25) is 0 Å². The Morgan fingerprint density at radius 2 is 1.62 bits per heavy atom. The Balaban J connectivity index is 1.83. The molecule has 0 atom stereocenters. The Morgan fingerprint density at radius 3 is 2.28 bits per heavy atom. The van der Waals surface area contributed by atoms with Crippen LogP contribution in [-0.4, -0.2) is 33.0 Å². The molecule has 3 aromatic carbocycles. The molecule has 1 heterocycles. The molecule has 4 rings (SSSR count). The van der Waals surface area contributed by atoms with Gasteiger partial charge >= 0.3 is 0 Å². The van der Waals surface area contributed by atoms with E-state index in [0.717, 1.165) is 10.6 Å². The molecular weight excluding hydrogens is 409 g/mol. The highest BCUT2D eigenvalue weighted by Gasteiger charge is 2.41. The van der Waals surface area contributed by atoms with Crippen LogP contribution in [0.4, 0.5) is 21.5 Å². The lowest BCUT2D eigenvalue weighted by Crippen LogP contribution is -2.32. The number of para-hydroxylation sites is 1. The van der Waals surface area contributed by atoms with Gasteiger partial charge in [-0.05, 0) is 48.5 Å². The van der Waals surface area contributed by atoms with E-state index in [0.29, 0.717) is 22.7 Å². The van der Waals surface area contributed by atoms with Crippen LogP contribution in [0, 0.1) is 5.82 Å². The van der Waals surface area contributed by atoms with Crippen LogP contribution >= 0.6 is 0 Å². The largest absolute Gasteiger partial charge is 0.496 e. The molecule has 0 fully saturated rings. The molecule has 32 heavy (non-hydrogen) atoms. The number of anilines is 3. The monoisotopic (exact) mass is 431 g/mol. The van der Waals surface area contributed by atoms with E-state index in [9.17, 15) is 14.0 Å². The summed E-state index contributed by atoms with van der Waals surface area (Å²) < 4.78 is 19.2. The quantitative estimate of drug-likeness (QED) is 0.590. The highest BCUT2D eigenvalue weighted by Crippen LogP contribution is 2.37. The molecule has 0 aliphatic carbocycles. The predicted molar refractivity (Wildman–Crippen MR) is 123 cm³/mol. The van der Waals surface area contributed by atoms with Crippen LogP contribution in [0.2, 0.25) is 0 Å². The van der Waals surface area contributed by atoms with Gasteiger partial charge in [-0.15, -0.1) is 0 Å². The number of methoxy groups -OCH3 is 1. The second kappa shape index (κ2) is 8.55. The van der Waals surface area contributed by atoms with Crippen molar-refractivity contribution in [2.75, 3.05) is 36.3 Å². The van der Waals surface area contributed by atoms with Gasteiger partial charge in [0.15, 0.2) is 0 Å². The van der Waals surface area contributed by atoms with Gasteiger partial charge in [-0.25, -0.2) is 9.29 Å². The van der Waals surface area contributed by atoms with Crippen molar-refractivity contribution in [3.8, 4) is 5.75 Å². The average Bonchev–Trinajstić information content (AvgIpc) is 3.03. The van der Waals surface area contributed by atoms with Crippen LogP contribution in [0.15, 0.2) is 78.5 Å². The Bertz CT molecular complexity index is 1220. The molecule has 0 spiro atoms. The standard InChI is InChI=1S/C25H22FN3O3/c1-28(2)18-11-13-19(14-12-18)29-24(30)22(20-9-4-5-10-21(20)32-3)23(25(29)31)27-17-8-6-7-16(26)15-17/h4-15,27H,1-3H3. The lowest BCUT2D eigenvalue weighted by atomic mass is 10.0. The minimum Gasteiger partial charge on any atom is -0.496 e. The van der Waals surface area contributed by atoms with E-state index in [1.807, 2.05) is 31.1 Å². The molecule has 3 aromatic rings. The zero-order valence-corrected chi connectivity index (χ0v) is 17.9.